The summed E-state index contributed by atoms with van der Waals surface area (Å²) in [5.74, 6) is -0.0236. The molecule has 1 saturated carbocycles. The van der Waals surface area contributed by atoms with E-state index in [9.17, 15) is 9.59 Å². The van der Waals surface area contributed by atoms with Crippen molar-refractivity contribution < 1.29 is 14.3 Å². The van der Waals surface area contributed by atoms with E-state index >= 15 is 0 Å². The summed E-state index contributed by atoms with van der Waals surface area (Å²) >= 11 is 6.00. The molecule has 0 saturated heterocycles. The molecule has 0 atom stereocenters. The van der Waals surface area contributed by atoms with Crippen LogP contribution in [-0.2, 0) is 16.0 Å². The average Bonchev–Trinajstić information content (AvgIpc) is 3.48. The van der Waals surface area contributed by atoms with Gasteiger partial charge in [0.05, 0.1) is 12.8 Å². The number of aryl methyl sites for hydroxylation is 1. The molecule has 0 aromatic heterocycles. The number of amides is 2. The van der Waals surface area contributed by atoms with Crippen molar-refractivity contribution in [1.29, 1.82) is 0 Å². The van der Waals surface area contributed by atoms with Gasteiger partial charge in [0.25, 0.3) is 0 Å². The highest BCUT2D eigenvalue weighted by Gasteiger charge is 2.56. The van der Waals surface area contributed by atoms with Crippen LogP contribution in [0, 0.1) is 5.41 Å². The second-order valence-corrected chi connectivity index (χ2v) is 7.16. The van der Waals surface area contributed by atoms with E-state index in [1.807, 2.05) is 18.2 Å². The summed E-state index contributed by atoms with van der Waals surface area (Å²) in [7, 11) is 1.52. The van der Waals surface area contributed by atoms with Gasteiger partial charge in [-0.15, -0.1) is 0 Å². The molecular weight excluding hydrogens is 364 g/mol. The van der Waals surface area contributed by atoms with Crippen LogP contribution >= 0.6 is 11.6 Å². The molecule has 3 rings (SSSR count). The van der Waals surface area contributed by atoms with Gasteiger partial charge in [-0.1, -0.05) is 41.9 Å². The number of hydrogen-bond acceptors (Lipinski definition) is 3. The lowest BCUT2D eigenvalue weighted by Gasteiger charge is -2.17. The number of ether oxygens (including phenoxy) is 1. The molecule has 0 unspecified atom stereocenters. The van der Waals surface area contributed by atoms with Crippen LogP contribution in [0.1, 0.15) is 24.8 Å². The highest BCUT2D eigenvalue weighted by molar-refractivity contribution is 6.31. The summed E-state index contributed by atoms with van der Waals surface area (Å²) in [5.41, 5.74) is 0.719. The maximum Gasteiger partial charge on any atom is 0.240 e. The predicted molar refractivity (Wildman–Crippen MR) is 106 cm³/mol. The molecule has 0 spiro atoms. The highest BCUT2D eigenvalue weighted by atomic mass is 35.5. The third kappa shape index (κ3) is 4.61. The van der Waals surface area contributed by atoms with Crippen LogP contribution in [0.15, 0.2) is 48.5 Å². The Morgan fingerprint density at radius 3 is 2.52 bits per heavy atom. The summed E-state index contributed by atoms with van der Waals surface area (Å²) in [6.45, 7) is 0.545. The van der Waals surface area contributed by atoms with Crippen LogP contribution in [0.25, 0.3) is 0 Å². The lowest BCUT2D eigenvalue weighted by molar-refractivity contribution is -0.134. The molecule has 27 heavy (non-hydrogen) atoms. The molecule has 2 aromatic rings. The molecule has 2 N–H and O–H groups in total. The molecule has 1 aliphatic carbocycles. The van der Waals surface area contributed by atoms with Crippen molar-refractivity contribution in [2.75, 3.05) is 19.0 Å². The lowest BCUT2D eigenvalue weighted by atomic mass is 10.0. The molecule has 0 bridgehead atoms. The number of rotatable bonds is 8. The van der Waals surface area contributed by atoms with Gasteiger partial charge < -0.3 is 15.4 Å². The molecule has 1 aliphatic rings. The SMILES string of the molecule is COc1ccc(Cl)cc1NC(=O)C1(C(=O)NCCCc2ccccc2)CC1. The molecule has 5 nitrogen and oxygen atoms in total. The number of hydrogen-bond donors (Lipinski definition) is 2. The zero-order valence-electron chi connectivity index (χ0n) is 15.3. The molecule has 1 fully saturated rings. The second kappa shape index (κ2) is 8.44. The lowest BCUT2D eigenvalue weighted by Crippen LogP contribution is -2.40. The molecule has 142 valence electrons. The zero-order chi connectivity index (χ0) is 19.3. The van der Waals surface area contributed by atoms with Crippen molar-refractivity contribution in [3.8, 4) is 5.75 Å². The largest absolute Gasteiger partial charge is 0.495 e. The van der Waals surface area contributed by atoms with E-state index in [0.717, 1.165) is 12.8 Å². The van der Waals surface area contributed by atoms with Gasteiger partial charge in [-0.3, -0.25) is 9.59 Å². The van der Waals surface area contributed by atoms with Crippen molar-refractivity contribution in [2.24, 2.45) is 5.41 Å². The summed E-state index contributed by atoms with van der Waals surface area (Å²) in [6.07, 6.45) is 2.81. The van der Waals surface area contributed by atoms with Crippen molar-refractivity contribution in [1.82, 2.24) is 5.32 Å². The fourth-order valence-electron chi connectivity index (χ4n) is 3.01. The maximum absolute atomic E-state index is 12.7. The van der Waals surface area contributed by atoms with Crippen LogP contribution < -0.4 is 15.4 Å². The first kappa shape index (κ1) is 19.2. The van der Waals surface area contributed by atoms with Crippen molar-refractivity contribution in [3.05, 3.63) is 59.1 Å². The molecule has 6 heteroatoms. The van der Waals surface area contributed by atoms with Gasteiger partial charge in [-0.25, -0.2) is 0 Å². The zero-order valence-corrected chi connectivity index (χ0v) is 16.0. The second-order valence-electron chi connectivity index (χ2n) is 6.73. The Hall–Kier alpha value is -2.53. The number of carbonyl (C=O) groups is 2. The Balaban J connectivity index is 1.54. The number of halogens is 1. The first-order valence-corrected chi connectivity index (χ1v) is 9.40. The number of methoxy groups -OCH3 is 1. The Morgan fingerprint density at radius 2 is 1.85 bits per heavy atom. The molecule has 0 radical (unpaired) electrons. The molecular formula is C21H23ClN2O3. The van der Waals surface area contributed by atoms with Crippen LogP contribution in [0.5, 0.6) is 5.75 Å². The number of nitrogens with one attached hydrogen (secondary N) is 2. The van der Waals surface area contributed by atoms with Crippen molar-refractivity contribution in [2.45, 2.75) is 25.7 Å². The Morgan fingerprint density at radius 1 is 1.11 bits per heavy atom. The van der Waals surface area contributed by atoms with E-state index in [2.05, 4.69) is 22.8 Å². The number of carbonyl (C=O) groups excluding carboxylic acids is 2. The van der Waals surface area contributed by atoms with E-state index in [4.69, 9.17) is 16.3 Å². The Labute approximate surface area is 164 Å². The van der Waals surface area contributed by atoms with Crippen molar-refractivity contribution in [3.63, 3.8) is 0 Å². The normalized spacial score (nSPS) is 14.3. The summed E-state index contributed by atoms with van der Waals surface area (Å²) < 4.78 is 5.24. The van der Waals surface area contributed by atoms with E-state index in [0.29, 0.717) is 35.8 Å². The van der Waals surface area contributed by atoms with E-state index in [1.165, 1.54) is 12.7 Å². The van der Waals surface area contributed by atoms with Gasteiger partial charge in [0.1, 0.15) is 11.2 Å². The van der Waals surface area contributed by atoms with Crippen LogP contribution in [-0.4, -0.2) is 25.5 Å². The first-order valence-electron chi connectivity index (χ1n) is 9.02. The van der Waals surface area contributed by atoms with Gasteiger partial charge in [0.15, 0.2) is 0 Å². The fraction of sp³-hybridized carbons (Fsp3) is 0.333. The Kier molecular flexibility index (Phi) is 6.01. The molecule has 2 amide bonds. The van der Waals surface area contributed by atoms with Gasteiger partial charge in [-0.05, 0) is 49.4 Å². The molecule has 0 aliphatic heterocycles. The standard InChI is InChI=1S/C21H23ClN2O3/c1-27-18-10-9-16(22)14-17(18)24-20(26)21(11-12-21)19(25)23-13-5-8-15-6-3-2-4-7-15/h2-4,6-7,9-10,14H,5,8,11-13H2,1H3,(H,23,25)(H,24,26). The first-order chi connectivity index (χ1) is 13.0. The third-order valence-electron chi connectivity index (χ3n) is 4.80. The van der Waals surface area contributed by atoms with Crippen LogP contribution in [0.3, 0.4) is 0 Å². The van der Waals surface area contributed by atoms with Gasteiger partial charge in [0, 0.05) is 11.6 Å². The minimum Gasteiger partial charge on any atom is -0.495 e. The van der Waals surface area contributed by atoms with Gasteiger partial charge in [0.2, 0.25) is 11.8 Å². The molecule has 2 aromatic carbocycles. The van der Waals surface area contributed by atoms with E-state index in [1.54, 1.807) is 18.2 Å². The summed E-state index contributed by atoms with van der Waals surface area (Å²) in [4.78, 5) is 25.3. The summed E-state index contributed by atoms with van der Waals surface area (Å²) in [5, 5.41) is 6.19. The van der Waals surface area contributed by atoms with Crippen molar-refractivity contribution >= 4 is 29.1 Å². The average molecular weight is 387 g/mol. The smallest absolute Gasteiger partial charge is 0.240 e. The van der Waals surface area contributed by atoms with Crippen LogP contribution in [0.2, 0.25) is 5.02 Å². The van der Waals surface area contributed by atoms with E-state index < -0.39 is 5.41 Å². The number of anilines is 1. The quantitative estimate of drug-likeness (QED) is 0.535. The minimum atomic E-state index is -0.986. The number of benzene rings is 2. The fourth-order valence-corrected chi connectivity index (χ4v) is 3.18. The maximum atomic E-state index is 12.7. The topological polar surface area (TPSA) is 67.4 Å². The van der Waals surface area contributed by atoms with E-state index in [-0.39, 0.29) is 11.8 Å². The van der Waals surface area contributed by atoms with Gasteiger partial charge >= 0.3 is 0 Å². The van der Waals surface area contributed by atoms with Gasteiger partial charge in [-0.2, -0.15) is 0 Å². The molecule has 0 heterocycles. The third-order valence-corrected chi connectivity index (χ3v) is 5.03. The van der Waals surface area contributed by atoms with Crippen LogP contribution in [0.4, 0.5) is 5.69 Å². The minimum absolute atomic E-state index is 0.214. The summed E-state index contributed by atoms with van der Waals surface area (Å²) in [6, 6.07) is 15.1. The predicted octanol–water partition coefficient (Wildman–Crippen LogP) is 3.82. The Bertz CT molecular complexity index is 819. The highest BCUT2D eigenvalue weighted by Crippen LogP contribution is 2.47. The monoisotopic (exact) mass is 386 g/mol.